The van der Waals surface area contributed by atoms with Gasteiger partial charge in [0.2, 0.25) is 0 Å². The van der Waals surface area contributed by atoms with E-state index < -0.39 is 0 Å². The maximum atomic E-state index is 5.79. The molecule has 21 heavy (non-hydrogen) atoms. The second kappa shape index (κ2) is 6.42. The standard InChI is InChI=1S/C19H23NO/c1-15-12-20(13-16(2)21-15)14-17-8-10-19(11-9-17)18-6-4-3-5-7-18/h3-11,15-16H,12-14H2,1-2H3. The third-order valence-electron chi connectivity index (χ3n) is 3.96. The molecule has 2 atom stereocenters. The molecule has 0 radical (unpaired) electrons. The fourth-order valence-electron chi connectivity index (χ4n) is 3.10. The van der Waals surface area contributed by atoms with Gasteiger partial charge in [-0.05, 0) is 30.5 Å². The van der Waals surface area contributed by atoms with Crippen molar-refractivity contribution >= 4 is 0 Å². The van der Waals surface area contributed by atoms with Crippen LogP contribution in [0.5, 0.6) is 0 Å². The van der Waals surface area contributed by atoms with E-state index in [2.05, 4.69) is 73.3 Å². The molecule has 0 saturated carbocycles. The minimum absolute atomic E-state index is 0.331. The van der Waals surface area contributed by atoms with Crippen molar-refractivity contribution in [3.63, 3.8) is 0 Å². The van der Waals surface area contributed by atoms with Crippen LogP contribution in [0.2, 0.25) is 0 Å². The van der Waals surface area contributed by atoms with Gasteiger partial charge < -0.3 is 4.74 Å². The molecule has 2 nitrogen and oxygen atoms in total. The largest absolute Gasteiger partial charge is 0.373 e. The number of hydrogen-bond acceptors (Lipinski definition) is 2. The normalized spacial score (nSPS) is 23.1. The fraction of sp³-hybridized carbons (Fsp3) is 0.368. The van der Waals surface area contributed by atoms with Crippen molar-refractivity contribution in [1.82, 2.24) is 4.90 Å². The summed E-state index contributed by atoms with van der Waals surface area (Å²) in [7, 11) is 0. The second-order valence-corrected chi connectivity index (χ2v) is 6.01. The van der Waals surface area contributed by atoms with Crippen LogP contribution in [0.4, 0.5) is 0 Å². The van der Waals surface area contributed by atoms with Crippen molar-refractivity contribution in [3.05, 3.63) is 60.2 Å². The third-order valence-corrected chi connectivity index (χ3v) is 3.96. The fourth-order valence-corrected chi connectivity index (χ4v) is 3.10. The number of nitrogens with zero attached hydrogens (tertiary/aromatic N) is 1. The average Bonchev–Trinajstić information content (AvgIpc) is 2.48. The highest BCUT2D eigenvalue weighted by atomic mass is 16.5. The number of benzene rings is 2. The Morgan fingerprint density at radius 2 is 1.43 bits per heavy atom. The van der Waals surface area contributed by atoms with Crippen molar-refractivity contribution in [3.8, 4) is 11.1 Å². The van der Waals surface area contributed by atoms with Crippen LogP contribution in [0.15, 0.2) is 54.6 Å². The Bertz CT molecular complexity index is 554. The first-order chi connectivity index (χ1) is 10.2. The molecule has 1 aliphatic heterocycles. The van der Waals surface area contributed by atoms with Gasteiger partial charge in [0.05, 0.1) is 12.2 Å². The summed E-state index contributed by atoms with van der Waals surface area (Å²) in [4.78, 5) is 2.48. The Morgan fingerprint density at radius 1 is 0.857 bits per heavy atom. The molecule has 0 amide bonds. The van der Waals surface area contributed by atoms with E-state index in [1.807, 2.05) is 0 Å². The molecular weight excluding hydrogens is 258 g/mol. The molecule has 0 aromatic heterocycles. The highest BCUT2D eigenvalue weighted by molar-refractivity contribution is 5.63. The molecule has 110 valence electrons. The topological polar surface area (TPSA) is 12.5 Å². The molecule has 0 aliphatic carbocycles. The molecule has 0 spiro atoms. The maximum absolute atomic E-state index is 5.79. The smallest absolute Gasteiger partial charge is 0.0678 e. The van der Waals surface area contributed by atoms with Gasteiger partial charge in [0.15, 0.2) is 0 Å². The molecule has 1 fully saturated rings. The molecule has 1 heterocycles. The zero-order valence-corrected chi connectivity index (χ0v) is 12.8. The van der Waals surface area contributed by atoms with Crippen LogP contribution in [0.25, 0.3) is 11.1 Å². The molecule has 0 bridgehead atoms. The summed E-state index contributed by atoms with van der Waals surface area (Å²) < 4.78 is 5.79. The van der Waals surface area contributed by atoms with Gasteiger partial charge in [-0.1, -0.05) is 54.6 Å². The van der Waals surface area contributed by atoms with E-state index in [1.165, 1.54) is 16.7 Å². The summed E-state index contributed by atoms with van der Waals surface area (Å²) in [5.41, 5.74) is 3.93. The lowest BCUT2D eigenvalue weighted by Crippen LogP contribution is -2.44. The molecule has 2 unspecified atom stereocenters. The summed E-state index contributed by atoms with van der Waals surface area (Å²) in [5, 5.41) is 0. The van der Waals surface area contributed by atoms with Gasteiger partial charge in [-0.25, -0.2) is 0 Å². The molecule has 2 aromatic carbocycles. The van der Waals surface area contributed by atoms with E-state index in [1.54, 1.807) is 0 Å². The van der Waals surface area contributed by atoms with E-state index in [0.29, 0.717) is 12.2 Å². The van der Waals surface area contributed by atoms with Crippen molar-refractivity contribution in [2.75, 3.05) is 13.1 Å². The van der Waals surface area contributed by atoms with Crippen LogP contribution in [-0.4, -0.2) is 30.2 Å². The van der Waals surface area contributed by atoms with Crippen LogP contribution < -0.4 is 0 Å². The van der Waals surface area contributed by atoms with Gasteiger partial charge >= 0.3 is 0 Å². The number of morpholine rings is 1. The van der Waals surface area contributed by atoms with Gasteiger partial charge in [-0.2, -0.15) is 0 Å². The molecule has 2 heteroatoms. The van der Waals surface area contributed by atoms with Gasteiger partial charge in [0.1, 0.15) is 0 Å². The maximum Gasteiger partial charge on any atom is 0.0678 e. The zero-order valence-electron chi connectivity index (χ0n) is 12.8. The molecule has 1 saturated heterocycles. The van der Waals surface area contributed by atoms with Crippen LogP contribution in [0.1, 0.15) is 19.4 Å². The number of ether oxygens (including phenoxy) is 1. The number of hydrogen-bond donors (Lipinski definition) is 0. The summed E-state index contributed by atoms with van der Waals surface area (Å²) in [6, 6.07) is 19.5. The lowest BCUT2D eigenvalue weighted by molar-refractivity contribution is -0.0704. The SMILES string of the molecule is CC1CN(Cc2ccc(-c3ccccc3)cc2)CC(C)O1. The summed E-state index contributed by atoms with van der Waals surface area (Å²) >= 11 is 0. The zero-order chi connectivity index (χ0) is 14.7. The van der Waals surface area contributed by atoms with Gasteiger partial charge in [-0.15, -0.1) is 0 Å². The first-order valence-electron chi connectivity index (χ1n) is 7.73. The van der Waals surface area contributed by atoms with Gasteiger partial charge in [0, 0.05) is 19.6 Å². The first kappa shape index (κ1) is 14.3. The average molecular weight is 281 g/mol. The summed E-state index contributed by atoms with van der Waals surface area (Å²) in [6.45, 7) is 7.35. The Morgan fingerprint density at radius 3 is 2.05 bits per heavy atom. The highest BCUT2D eigenvalue weighted by Gasteiger charge is 2.21. The quantitative estimate of drug-likeness (QED) is 0.844. The Kier molecular flexibility index (Phi) is 4.37. The summed E-state index contributed by atoms with van der Waals surface area (Å²) in [6.07, 6.45) is 0.662. The van der Waals surface area contributed by atoms with E-state index in [0.717, 1.165) is 19.6 Å². The predicted octanol–water partition coefficient (Wildman–Crippen LogP) is 3.96. The van der Waals surface area contributed by atoms with Crippen LogP contribution in [0, 0.1) is 0 Å². The van der Waals surface area contributed by atoms with E-state index >= 15 is 0 Å². The lowest BCUT2D eigenvalue weighted by Gasteiger charge is -2.35. The first-order valence-corrected chi connectivity index (χ1v) is 7.73. The van der Waals surface area contributed by atoms with Crippen molar-refractivity contribution in [2.24, 2.45) is 0 Å². The predicted molar refractivity (Wildman–Crippen MR) is 87.2 cm³/mol. The van der Waals surface area contributed by atoms with Crippen LogP contribution in [-0.2, 0) is 11.3 Å². The van der Waals surface area contributed by atoms with E-state index in [4.69, 9.17) is 4.74 Å². The monoisotopic (exact) mass is 281 g/mol. The van der Waals surface area contributed by atoms with Crippen LogP contribution >= 0.6 is 0 Å². The highest BCUT2D eigenvalue weighted by Crippen LogP contribution is 2.20. The van der Waals surface area contributed by atoms with Crippen LogP contribution in [0.3, 0.4) is 0 Å². The summed E-state index contributed by atoms with van der Waals surface area (Å²) in [5.74, 6) is 0. The molecule has 1 aliphatic rings. The molecule has 2 aromatic rings. The molecule has 0 N–H and O–H groups in total. The third kappa shape index (κ3) is 3.72. The Balaban J connectivity index is 1.67. The molecule has 3 rings (SSSR count). The number of rotatable bonds is 3. The van der Waals surface area contributed by atoms with Gasteiger partial charge in [-0.3, -0.25) is 4.90 Å². The van der Waals surface area contributed by atoms with E-state index in [-0.39, 0.29) is 0 Å². The molecular formula is C19H23NO. The van der Waals surface area contributed by atoms with Crippen molar-refractivity contribution in [1.29, 1.82) is 0 Å². The van der Waals surface area contributed by atoms with E-state index in [9.17, 15) is 0 Å². The van der Waals surface area contributed by atoms with Crippen molar-refractivity contribution < 1.29 is 4.74 Å². The van der Waals surface area contributed by atoms with Crippen molar-refractivity contribution in [2.45, 2.75) is 32.6 Å². The van der Waals surface area contributed by atoms with Gasteiger partial charge in [0.25, 0.3) is 0 Å². The Labute approximate surface area is 127 Å². The lowest BCUT2D eigenvalue weighted by atomic mass is 10.0. The minimum Gasteiger partial charge on any atom is -0.373 e. The minimum atomic E-state index is 0.331. The second-order valence-electron chi connectivity index (χ2n) is 6.01. The Hall–Kier alpha value is -1.64.